The van der Waals surface area contributed by atoms with Gasteiger partial charge in [0.1, 0.15) is 5.82 Å². The molecule has 0 unspecified atom stereocenters. The number of benzene rings is 1. The maximum atomic E-state index is 12.9. The van der Waals surface area contributed by atoms with E-state index in [1.165, 1.54) is 37.6 Å². The minimum absolute atomic E-state index is 0.0209. The number of aromatic nitrogens is 2. The van der Waals surface area contributed by atoms with Crippen LogP contribution in [0.2, 0.25) is 0 Å². The Balaban J connectivity index is 1.70. The maximum Gasteiger partial charge on any atom is 0.243 e. The fourth-order valence-electron chi connectivity index (χ4n) is 3.23. The first kappa shape index (κ1) is 21.0. The van der Waals surface area contributed by atoms with Crippen molar-refractivity contribution in [1.82, 2.24) is 14.3 Å². The van der Waals surface area contributed by atoms with Gasteiger partial charge in [0, 0.05) is 31.6 Å². The van der Waals surface area contributed by atoms with Crippen molar-refractivity contribution in [3.63, 3.8) is 0 Å². The van der Waals surface area contributed by atoms with Gasteiger partial charge in [-0.3, -0.25) is 4.79 Å². The van der Waals surface area contributed by atoms with Gasteiger partial charge in [-0.1, -0.05) is 0 Å². The molecule has 29 heavy (non-hydrogen) atoms. The Morgan fingerprint density at radius 1 is 1.07 bits per heavy atom. The second-order valence-electron chi connectivity index (χ2n) is 6.69. The van der Waals surface area contributed by atoms with Crippen molar-refractivity contribution in [2.24, 2.45) is 0 Å². The highest BCUT2D eigenvalue weighted by Gasteiger charge is 2.31. The van der Waals surface area contributed by atoms with E-state index < -0.39 is 10.0 Å². The molecule has 0 radical (unpaired) electrons. The zero-order chi connectivity index (χ0) is 21.0. The highest BCUT2D eigenvalue weighted by Crippen LogP contribution is 2.31. The third-order valence-corrected chi connectivity index (χ3v) is 6.66. The summed E-state index contributed by atoms with van der Waals surface area (Å²) < 4.78 is 37.7. The van der Waals surface area contributed by atoms with Crippen molar-refractivity contribution in [3.05, 3.63) is 36.2 Å². The molecule has 0 atom stereocenters. The van der Waals surface area contributed by atoms with Crippen LogP contribution in [-0.4, -0.2) is 55.9 Å². The van der Waals surface area contributed by atoms with Gasteiger partial charge in [-0.2, -0.15) is 14.3 Å². The van der Waals surface area contributed by atoms with Crippen LogP contribution in [0.15, 0.2) is 35.2 Å². The zero-order valence-corrected chi connectivity index (χ0v) is 17.4. The minimum Gasteiger partial charge on any atom is -0.481 e. The van der Waals surface area contributed by atoms with Crippen LogP contribution in [0.4, 0.5) is 5.69 Å². The number of carbonyl (C=O) groups is 1. The lowest BCUT2D eigenvalue weighted by atomic mass is 9.97. The number of piperidine rings is 1. The quantitative estimate of drug-likeness (QED) is 0.761. The molecule has 1 aliphatic heterocycles. The van der Waals surface area contributed by atoms with E-state index >= 15 is 0 Å². The number of ether oxygens (including phenoxy) is 2. The summed E-state index contributed by atoms with van der Waals surface area (Å²) in [7, 11) is -0.557. The van der Waals surface area contributed by atoms with Gasteiger partial charge in [0.25, 0.3) is 0 Å². The van der Waals surface area contributed by atoms with Crippen LogP contribution >= 0.6 is 0 Å². The predicted molar refractivity (Wildman–Crippen MR) is 107 cm³/mol. The number of methoxy groups -OCH3 is 2. The van der Waals surface area contributed by atoms with Gasteiger partial charge in [0.2, 0.25) is 27.7 Å². The predicted octanol–water partition coefficient (Wildman–Crippen LogP) is 2.02. The van der Waals surface area contributed by atoms with Gasteiger partial charge < -0.3 is 14.8 Å². The Labute approximate surface area is 170 Å². The first-order chi connectivity index (χ1) is 13.8. The number of sulfonamides is 1. The fraction of sp³-hybridized carbons (Fsp3) is 0.421. The maximum absolute atomic E-state index is 12.9. The van der Waals surface area contributed by atoms with Crippen molar-refractivity contribution < 1.29 is 22.7 Å². The van der Waals surface area contributed by atoms with Crippen LogP contribution in [0.3, 0.4) is 0 Å². The molecule has 0 spiro atoms. The molecule has 1 aromatic carbocycles. The summed E-state index contributed by atoms with van der Waals surface area (Å²) in [5.74, 6) is 1.24. The largest absolute Gasteiger partial charge is 0.481 e. The normalized spacial score (nSPS) is 15.7. The molecule has 1 saturated heterocycles. The van der Waals surface area contributed by atoms with E-state index in [2.05, 4.69) is 15.3 Å². The molecule has 0 saturated carbocycles. The number of nitrogens with one attached hydrogen (secondary N) is 1. The molecule has 1 fully saturated rings. The highest BCUT2D eigenvalue weighted by atomic mass is 32.2. The monoisotopic (exact) mass is 420 g/mol. The van der Waals surface area contributed by atoms with Crippen molar-refractivity contribution in [3.8, 4) is 11.8 Å². The first-order valence-electron chi connectivity index (χ1n) is 9.18. The molecule has 10 heteroatoms. The van der Waals surface area contributed by atoms with Gasteiger partial charge in [-0.15, -0.1) is 0 Å². The third-order valence-electron chi connectivity index (χ3n) is 4.75. The molecule has 3 rings (SSSR count). The van der Waals surface area contributed by atoms with Crippen molar-refractivity contribution in [2.75, 3.05) is 32.6 Å². The summed E-state index contributed by atoms with van der Waals surface area (Å²) in [6, 6.07) is 7.77. The number of amides is 1. The smallest absolute Gasteiger partial charge is 0.243 e. The van der Waals surface area contributed by atoms with Crippen molar-refractivity contribution in [1.29, 1.82) is 0 Å². The Kier molecular flexibility index (Phi) is 6.33. The average Bonchev–Trinajstić information content (AvgIpc) is 2.73. The summed E-state index contributed by atoms with van der Waals surface area (Å²) in [5, 5.41) is 2.62. The van der Waals surface area contributed by atoms with Gasteiger partial charge >= 0.3 is 0 Å². The number of nitrogens with zero attached hydrogens (tertiary/aromatic N) is 3. The standard InChI is InChI=1S/C19H24N4O5S/c1-13(24)20-15-4-6-16(7-5-15)29(25,26)23-10-8-14(9-11-23)19-21-17(27-2)12-18(22-19)28-3/h4-7,12,14H,8-11H2,1-3H3,(H,20,24). The zero-order valence-electron chi connectivity index (χ0n) is 16.6. The molecule has 1 aliphatic rings. The number of anilines is 1. The summed E-state index contributed by atoms with van der Waals surface area (Å²) >= 11 is 0. The molecular formula is C19H24N4O5S. The van der Waals surface area contributed by atoms with Gasteiger partial charge in [-0.05, 0) is 37.1 Å². The lowest BCUT2D eigenvalue weighted by Gasteiger charge is -2.30. The van der Waals surface area contributed by atoms with Crippen LogP contribution in [-0.2, 0) is 14.8 Å². The average molecular weight is 420 g/mol. The molecule has 0 aliphatic carbocycles. The molecule has 2 heterocycles. The Morgan fingerprint density at radius 3 is 2.10 bits per heavy atom. The molecule has 1 N–H and O–H groups in total. The van der Waals surface area contributed by atoms with Gasteiger partial charge in [-0.25, -0.2) is 8.42 Å². The molecule has 9 nitrogen and oxygen atoms in total. The second kappa shape index (κ2) is 8.75. The third kappa shape index (κ3) is 4.83. The molecular weight excluding hydrogens is 396 g/mol. The SMILES string of the molecule is COc1cc(OC)nc(C2CCN(S(=O)(=O)c3ccc(NC(C)=O)cc3)CC2)n1. The molecule has 2 aromatic rings. The van der Waals surface area contributed by atoms with Crippen molar-refractivity contribution in [2.45, 2.75) is 30.6 Å². The molecule has 156 valence electrons. The summed E-state index contributed by atoms with van der Waals surface area (Å²) in [6.07, 6.45) is 1.19. The van der Waals surface area contributed by atoms with Crippen LogP contribution in [0.5, 0.6) is 11.8 Å². The van der Waals surface area contributed by atoms with E-state index in [0.717, 1.165) is 0 Å². The van der Waals surface area contributed by atoms with E-state index in [1.807, 2.05) is 0 Å². The molecule has 1 aromatic heterocycles. The molecule has 0 bridgehead atoms. The Hall–Kier alpha value is -2.72. The number of carbonyl (C=O) groups excluding carboxylic acids is 1. The van der Waals surface area contributed by atoms with E-state index in [4.69, 9.17) is 9.47 Å². The van der Waals surface area contributed by atoms with Gasteiger partial charge in [0.15, 0.2) is 0 Å². The minimum atomic E-state index is -3.61. The molecule has 1 amide bonds. The highest BCUT2D eigenvalue weighted by molar-refractivity contribution is 7.89. The van der Waals surface area contributed by atoms with Crippen LogP contribution < -0.4 is 14.8 Å². The van der Waals surface area contributed by atoms with Crippen molar-refractivity contribution >= 4 is 21.6 Å². The summed E-state index contributed by atoms with van der Waals surface area (Å²) in [4.78, 5) is 20.1. The summed E-state index contributed by atoms with van der Waals surface area (Å²) in [6.45, 7) is 2.13. The van der Waals surface area contributed by atoms with E-state index in [9.17, 15) is 13.2 Å². The number of hydrogen-bond donors (Lipinski definition) is 1. The summed E-state index contributed by atoms with van der Waals surface area (Å²) in [5.41, 5.74) is 0.555. The topological polar surface area (TPSA) is 111 Å². The van der Waals surface area contributed by atoms with Crippen LogP contribution in [0.1, 0.15) is 31.5 Å². The van der Waals surface area contributed by atoms with Crippen LogP contribution in [0.25, 0.3) is 0 Å². The lowest BCUT2D eigenvalue weighted by molar-refractivity contribution is -0.114. The van der Waals surface area contributed by atoms with E-state index in [0.29, 0.717) is 49.2 Å². The fourth-order valence-corrected chi connectivity index (χ4v) is 4.70. The second-order valence-corrected chi connectivity index (χ2v) is 8.63. The Bertz CT molecular complexity index is 948. The van der Waals surface area contributed by atoms with Crippen LogP contribution in [0, 0.1) is 0 Å². The first-order valence-corrected chi connectivity index (χ1v) is 10.6. The van der Waals surface area contributed by atoms with E-state index in [1.54, 1.807) is 18.2 Å². The van der Waals surface area contributed by atoms with E-state index in [-0.39, 0.29) is 16.7 Å². The Morgan fingerprint density at radius 2 is 1.62 bits per heavy atom. The lowest BCUT2D eigenvalue weighted by Crippen LogP contribution is -2.38. The van der Waals surface area contributed by atoms with Gasteiger partial charge in [0.05, 0.1) is 25.2 Å². The number of rotatable bonds is 6. The number of hydrogen-bond acceptors (Lipinski definition) is 7.